The van der Waals surface area contributed by atoms with Crippen molar-refractivity contribution in [2.45, 2.75) is 6.42 Å². The van der Waals surface area contributed by atoms with Crippen LogP contribution in [0, 0.1) is 17.8 Å². The lowest BCUT2D eigenvalue weighted by atomic mass is 9.85. The number of hydrogen-bond donors (Lipinski definition) is 0. The second-order valence-electron chi connectivity index (χ2n) is 5.44. The predicted octanol–water partition coefficient (Wildman–Crippen LogP) is 3.26. The molecule has 1 aliphatic heterocycles. The lowest BCUT2D eigenvalue weighted by molar-refractivity contribution is 0.494. The molecule has 1 nitrogen and oxygen atoms in total. The maximum absolute atomic E-state index is 2.52. The SMILES string of the molecule is C1=C[C@H]2C[C@@H]1[C@H]1CN(c3ccccc3)CC=C21. The average Bonchev–Trinajstić information content (AvgIpc) is 3.01. The highest BCUT2D eigenvalue weighted by atomic mass is 15.1. The number of hydrogen-bond acceptors (Lipinski definition) is 1. The summed E-state index contributed by atoms with van der Waals surface area (Å²) < 4.78 is 0. The van der Waals surface area contributed by atoms with Crippen molar-refractivity contribution in [3.05, 3.63) is 54.1 Å². The van der Waals surface area contributed by atoms with E-state index in [0.29, 0.717) is 0 Å². The van der Waals surface area contributed by atoms with Crippen molar-refractivity contribution in [2.75, 3.05) is 18.0 Å². The highest BCUT2D eigenvalue weighted by Crippen LogP contribution is 2.49. The Kier molecular flexibility index (Phi) is 1.96. The molecule has 0 N–H and O–H groups in total. The van der Waals surface area contributed by atoms with Gasteiger partial charge in [0, 0.05) is 24.7 Å². The van der Waals surface area contributed by atoms with Gasteiger partial charge in [0.05, 0.1) is 0 Å². The van der Waals surface area contributed by atoms with E-state index in [1.165, 1.54) is 18.7 Å². The molecule has 3 atom stereocenters. The number of para-hydroxylation sites is 1. The molecule has 1 saturated carbocycles. The molecule has 0 spiro atoms. The summed E-state index contributed by atoms with van der Waals surface area (Å²) in [6.07, 6.45) is 8.72. The quantitative estimate of drug-likeness (QED) is 0.661. The van der Waals surface area contributed by atoms with Gasteiger partial charge < -0.3 is 4.90 Å². The Morgan fingerprint density at radius 2 is 1.94 bits per heavy atom. The molecular weight excluding hydrogens is 206 g/mol. The molecule has 3 aliphatic rings. The van der Waals surface area contributed by atoms with Crippen LogP contribution >= 0.6 is 0 Å². The van der Waals surface area contributed by atoms with Crippen LogP contribution in [0.5, 0.6) is 0 Å². The van der Waals surface area contributed by atoms with Gasteiger partial charge in [0.25, 0.3) is 0 Å². The van der Waals surface area contributed by atoms with Crippen LogP contribution in [-0.2, 0) is 0 Å². The molecule has 0 saturated heterocycles. The monoisotopic (exact) mass is 223 g/mol. The third-order valence-electron chi connectivity index (χ3n) is 4.58. The minimum Gasteiger partial charge on any atom is -0.367 e. The number of benzene rings is 1. The molecule has 0 radical (unpaired) electrons. The van der Waals surface area contributed by atoms with Gasteiger partial charge in [-0.2, -0.15) is 0 Å². The zero-order chi connectivity index (χ0) is 11.2. The first-order valence-electron chi connectivity index (χ1n) is 6.60. The average molecular weight is 223 g/mol. The van der Waals surface area contributed by atoms with Crippen molar-refractivity contribution < 1.29 is 0 Å². The maximum Gasteiger partial charge on any atom is 0.0369 e. The topological polar surface area (TPSA) is 3.24 Å². The van der Waals surface area contributed by atoms with Crippen LogP contribution in [0.25, 0.3) is 0 Å². The number of nitrogens with zero attached hydrogens (tertiary/aromatic N) is 1. The first kappa shape index (κ1) is 9.52. The maximum atomic E-state index is 2.52. The Morgan fingerprint density at radius 1 is 1.06 bits per heavy atom. The van der Waals surface area contributed by atoms with Crippen LogP contribution < -0.4 is 4.90 Å². The van der Waals surface area contributed by atoms with Gasteiger partial charge in [0.15, 0.2) is 0 Å². The van der Waals surface area contributed by atoms with Gasteiger partial charge in [-0.15, -0.1) is 0 Å². The molecule has 0 amide bonds. The number of allylic oxidation sites excluding steroid dienone is 2. The first-order valence-corrected chi connectivity index (χ1v) is 6.60. The second kappa shape index (κ2) is 3.49. The molecule has 4 rings (SSSR count). The Morgan fingerprint density at radius 3 is 2.82 bits per heavy atom. The summed E-state index contributed by atoms with van der Waals surface area (Å²) in [5.74, 6) is 2.39. The zero-order valence-electron chi connectivity index (χ0n) is 9.92. The molecule has 1 heterocycles. The van der Waals surface area contributed by atoms with Crippen molar-refractivity contribution in [1.29, 1.82) is 0 Å². The van der Waals surface area contributed by atoms with E-state index >= 15 is 0 Å². The van der Waals surface area contributed by atoms with E-state index in [9.17, 15) is 0 Å². The summed E-state index contributed by atoms with van der Waals surface area (Å²) in [7, 11) is 0. The first-order chi connectivity index (χ1) is 8.42. The molecule has 0 unspecified atom stereocenters. The summed E-state index contributed by atoms with van der Waals surface area (Å²) in [6.45, 7) is 2.30. The minimum atomic E-state index is 0.780. The van der Waals surface area contributed by atoms with Crippen LogP contribution in [0.2, 0.25) is 0 Å². The third kappa shape index (κ3) is 1.38. The van der Waals surface area contributed by atoms with E-state index in [-0.39, 0.29) is 0 Å². The van der Waals surface area contributed by atoms with Gasteiger partial charge >= 0.3 is 0 Å². The molecule has 1 aromatic carbocycles. The van der Waals surface area contributed by atoms with Gasteiger partial charge in [0.2, 0.25) is 0 Å². The predicted molar refractivity (Wildman–Crippen MR) is 71.0 cm³/mol. The highest BCUT2D eigenvalue weighted by molar-refractivity contribution is 5.50. The van der Waals surface area contributed by atoms with Crippen LogP contribution in [0.3, 0.4) is 0 Å². The van der Waals surface area contributed by atoms with Crippen molar-refractivity contribution in [1.82, 2.24) is 0 Å². The lowest BCUT2D eigenvalue weighted by Crippen LogP contribution is -2.36. The van der Waals surface area contributed by atoms with E-state index in [0.717, 1.165) is 24.3 Å². The van der Waals surface area contributed by atoms with E-state index in [1.807, 2.05) is 0 Å². The number of anilines is 1. The van der Waals surface area contributed by atoms with Crippen molar-refractivity contribution in [2.24, 2.45) is 17.8 Å². The lowest BCUT2D eigenvalue weighted by Gasteiger charge is -2.35. The van der Waals surface area contributed by atoms with Crippen molar-refractivity contribution >= 4 is 5.69 Å². The molecule has 86 valence electrons. The van der Waals surface area contributed by atoms with Gasteiger partial charge in [-0.25, -0.2) is 0 Å². The van der Waals surface area contributed by atoms with Gasteiger partial charge in [-0.05, 0) is 30.4 Å². The van der Waals surface area contributed by atoms with E-state index in [1.54, 1.807) is 5.57 Å². The van der Waals surface area contributed by atoms with Gasteiger partial charge in [0.1, 0.15) is 0 Å². The zero-order valence-corrected chi connectivity index (χ0v) is 9.92. The van der Waals surface area contributed by atoms with E-state index in [2.05, 4.69) is 53.5 Å². The molecule has 2 aliphatic carbocycles. The Labute approximate surface area is 102 Å². The fraction of sp³-hybridized carbons (Fsp3) is 0.375. The van der Waals surface area contributed by atoms with Crippen LogP contribution in [0.15, 0.2) is 54.1 Å². The molecule has 0 aromatic heterocycles. The summed E-state index contributed by atoms with van der Waals surface area (Å²) >= 11 is 0. The Hall–Kier alpha value is -1.50. The standard InChI is InChI=1S/C16H17N/c1-2-4-14(5-3-1)17-9-8-15-12-6-7-13(10-12)16(15)11-17/h1-8,12-13,16H,9-11H2/t12-,13+,16+/m0/s1. The largest absolute Gasteiger partial charge is 0.367 e. The smallest absolute Gasteiger partial charge is 0.0369 e. The molecule has 1 aromatic rings. The fourth-order valence-electron chi connectivity index (χ4n) is 3.72. The summed E-state index contributed by atoms with van der Waals surface area (Å²) in [6, 6.07) is 10.8. The van der Waals surface area contributed by atoms with Crippen LogP contribution in [0.1, 0.15) is 6.42 Å². The normalized spacial score (nSPS) is 33.8. The van der Waals surface area contributed by atoms with Crippen LogP contribution in [-0.4, -0.2) is 13.1 Å². The third-order valence-corrected chi connectivity index (χ3v) is 4.58. The second-order valence-corrected chi connectivity index (χ2v) is 5.44. The summed E-state index contributed by atoms with van der Waals surface area (Å²) in [5, 5.41) is 0. The van der Waals surface area contributed by atoms with Crippen LogP contribution in [0.4, 0.5) is 5.69 Å². The number of rotatable bonds is 1. The molecular formula is C16H17N. The highest BCUT2D eigenvalue weighted by Gasteiger charge is 2.42. The molecule has 1 fully saturated rings. The minimum absolute atomic E-state index is 0.780. The number of fused-ring (bicyclic) bond motifs is 5. The molecule has 1 heteroatoms. The fourth-order valence-corrected chi connectivity index (χ4v) is 3.72. The van der Waals surface area contributed by atoms with Crippen molar-refractivity contribution in [3.63, 3.8) is 0 Å². The summed E-state index contributed by atoms with van der Waals surface area (Å²) in [4.78, 5) is 2.52. The Balaban J connectivity index is 1.63. The summed E-state index contributed by atoms with van der Waals surface area (Å²) in [5.41, 5.74) is 3.10. The molecule has 17 heavy (non-hydrogen) atoms. The van der Waals surface area contributed by atoms with E-state index in [4.69, 9.17) is 0 Å². The van der Waals surface area contributed by atoms with Gasteiger partial charge in [-0.1, -0.05) is 42.0 Å². The van der Waals surface area contributed by atoms with Crippen molar-refractivity contribution in [3.8, 4) is 0 Å². The van der Waals surface area contributed by atoms with E-state index < -0.39 is 0 Å². The Bertz CT molecular complexity index is 486. The van der Waals surface area contributed by atoms with Gasteiger partial charge in [-0.3, -0.25) is 0 Å². The molecule has 2 bridgehead atoms.